The van der Waals surface area contributed by atoms with E-state index in [4.69, 9.17) is 0 Å². The van der Waals surface area contributed by atoms with Crippen LogP contribution < -0.4 is 10.6 Å². The molecule has 0 bridgehead atoms. The molecule has 0 fully saturated rings. The van der Waals surface area contributed by atoms with Gasteiger partial charge in [-0.15, -0.1) is 0 Å². The Balaban J connectivity index is 2.06. The fourth-order valence-corrected chi connectivity index (χ4v) is 5.29. The summed E-state index contributed by atoms with van der Waals surface area (Å²) in [5.74, 6) is 2.41. The molecule has 0 atom stereocenters. The molecule has 108 valence electrons. The minimum Gasteiger partial charge on any atom is -0.0622 e. The van der Waals surface area contributed by atoms with Crippen LogP contribution in [0.2, 0.25) is 0 Å². The lowest BCUT2D eigenvalue weighted by atomic mass is 10.2. The first-order valence-corrected chi connectivity index (χ1v) is 9.81. The Hall–Kier alpha value is -2.17. The van der Waals surface area contributed by atoms with Crippen LogP contribution in [0.15, 0.2) is 96.8 Å². The zero-order chi connectivity index (χ0) is 15.3. The van der Waals surface area contributed by atoms with Gasteiger partial charge in [-0.25, -0.2) is 0 Å². The monoisotopic (exact) mass is 303 g/mol. The van der Waals surface area contributed by atoms with E-state index < -0.39 is 7.26 Å². The van der Waals surface area contributed by atoms with E-state index >= 15 is 0 Å². The van der Waals surface area contributed by atoms with Gasteiger partial charge in [0, 0.05) is 0 Å². The summed E-state index contributed by atoms with van der Waals surface area (Å²) in [5, 5.41) is 2.82. The molecule has 1 heteroatoms. The predicted octanol–water partition coefficient (Wildman–Crippen LogP) is 4.96. The minimum atomic E-state index is -1.52. The van der Waals surface area contributed by atoms with Gasteiger partial charge in [0.25, 0.3) is 0 Å². The van der Waals surface area contributed by atoms with E-state index in [9.17, 15) is 0 Å². The van der Waals surface area contributed by atoms with Gasteiger partial charge in [0.15, 0.2) is 0 Å². The molecule has 0 aliphatic rings. The van der Waals surface area contributed by atoms with Crippen LogP contribution in [0, 0.1) is 0 Å². The standard InChI is InChI=1S/C21H20P/c1-22(20-13-7-3-8-14-20,21-15-9-4-10-16-21)18-17-19-11-5-2-6-12-19/h2-18H,1H3/q+1. The Kier molecular flexibility index (Phi) is 4.51. The lowest BCUT2D eigenvalue weighted by Gasteiger charge is -2.19. The van der Waals surface area contributed by atoms with Gasteiger partial charge < -0.3 is 0 Å². The second kappa shape index (κ2) is 6.73. The van der Waals surface area contributed by atoms with Gasteiger partial charge in [-0.1, -0.05) is 66.7 Å². The van der Waals surface area contributed by atoms with Crippen LogP contribution >= 0.6 is 7.26 Å². The van der Waals surface area contributed by atoms with Crippen LogP contribution in [0.4, 0.5) is 0 Å². The van der Waals surface area contributed by atoms with Crippen LogP contribution in [-0.4, -0.2) is 6.66 Å². The van der Waals surface area contributed by atoms with E-state index in [0.717, 1.165) is 0 Å². The topological polar surface area (TPSA) is 0 Å². The van der Waals surface area contributed by atoms with E-state index in [1.165, 1.54) is 16.2 Å². The average molecular weight is 303 g/mol. The Morgan fingerprint density at radius 2 is 1.00 bits per heavy atom. The Morgan fingerprint density at radius 3 is 1.45 bits per heavy atom. The third kappa shape index (κ3) is 3.18. The smallest absolute Gasteiger partial charge is 0.0622 e. The highest BCUT2D eigenvalue weighted by atomic mass is 31.2. The van der Waals surface area contributed by atoms with Crippen LogP contribution in [0.3, 0.4) is 0 Å². The Morgan fingerprint density at radius 1 is 0.591 bits per heavy atom. The van der Waals surface area contributed by atoms with E-state index in [0.29, 0.717) is 0 Å². The Labute approximate surface area is 133 Å². The predicted molar refractivity (Wildman–Crippen MR) is 100 cm³/mol. The number of hydrogen-bond acceptors (Lipinski definition) is 0. The molecule has 3 aromatic rings. The van der Waals surface area contributed by atoms with E-state index in [1.54, 1.807) is 0 Å². The van der Waals surface area contributed by atoms with Crippen LogP contribution in [0.25, 0.3) is 6.08 Å². The molecule has 0 unspecified atom stereocenters. The van der Waals surface area contributed by atoms with Crippen molar-refractivity contribution in [3.8, 4) is 0 Å². The molecule has 0 spiro atoms. The first kappa shape index (κ1) is 14.8. The van der Waals surface area contributed by atoms with Crippen LogP contribution in [0.5, 0.6) is 0 Å². The number of benzene rings is 3. The van der Waals surface area contributed by atoms with E-state index in [2.05, 4.69) is 110 Å². The molecule has 0 saturated carbocycles. The molecule has 3 rings (SSSR count). The highest BCUT2D eigenvalue weighted by molar-refractivity contribution is 7.91. The van der Waals surface area contributed by atoms with Crippen molar-refractivity contribution < 1.29 is 0 Å². The molecule has 0 aromatic heterocycles. The van der Waals surface area contributed by atoms with E-state index in [-0.39, 0.29) is 0 Å². The molecule has 0 radical (unpaired) electrons. The minimum absolute atomic E-state index is 1.25. The maximum absolute atomic E-state index is 2.41. The van der Waals surface area contributed by atoms with Crippen molar-refractivity contribution in [3.63, 3.8) is 0 Å². The van der Waals surface area contributed by atoms with Gasteiger partial charge in [-0.05, 0) is 35.9 Å². The zero-order valence-electron chi connectivity index (χ0n) is 12.8. The van der Waals surface area contributed by atoms with Gasteiger partial charge in [0.05, 0.1) is 12.5 Å². The summed E-state index contributed by atoms with van der Waals surface area (Å²) in [5.41, 5.74) is 1.25. The second-order valence-corrected chi connectivity index (χ2v) is 8.95. The van der Waals surface area contributed by atoms with Crippen molar-refractivity contribution >= 4 is 23.9 Å². The average Bonchev–Trinajstić information content (AvgIpc) is 2.62. The molecule has 22 heavy (non-hydrogen) atoms. The molecule has 0 saturated heterocycles. The first-order chi connectivity index (χ1) is 10.8. The van der Waals surface area contributed by atoms with Crippen molar-refractivity contribution in [3.05, 3.63) is 102 Å². The highest BCUT2D eigenvalue weighted by Crippen LogP contribution is 2.54. The number of hydrogen-bond donors (Lipinski definition) is 0. The third-order valence-corrected chi connectivity index (χ3v) is 7.44. The molecule has 0 nitrogen and oxygen atoms in total. The maximum Gasteiger partial charge on any atom is 0.103 e. The number of rotatable bonds is 4. The fourth-order valence-electron chi connectivity index (χ4n) is 2.60. The summed E-state index contributed by atoms with van der Waals surface area (Å²) in [6.07, 6.45) is 2.26. The van der Waals surface area contributed by atoms with Gasteiger partial charge in [0.1, 0.15) is 17.9 Å². The van der Waals surface area contributed by atoms with Gasteiger partial charge in [-0.2, -0.15) is 0 Å². The van der Waals surface area contributed by atoms with Crippen molar-refractivity contribution in [2.24, 2.45) is 0 Å². The fraction of sp³-hybridized carbons (Fsp3) is 0.0476. The van der Waals surface area contributed by atoms with Crippen molar-refractivity contribution in [2.45, 2.75) is 0 Å². The summed E-state index contributed by atoms with van der Waals surface area (Å²) in [6, 6.07) is 32.2. The molecule has 0 N–H and O–H groups in total. The summed E-state index contributed by atoms with van der Waals surface area (Å²) in [7, 11) is -1.52. The molecule has 3 aromatic carbocycles. The summed E-state index contributed by atoms with van der Waals surface area (Å²) >= 11 is 0. The van der Waals surface area contributed by atoms with Gasteiger partial charge >= 0.3 is 0 Å². The molecule has 0 heterocycles. The maximum atomic E-state index is 2.41. The lowest BCUT2D eigenvalue weighted by Crippen LogP contribution is -2.19. The SMILES string of the molecule is C[P+](C=Cc1ccccc1)(c1ccccc1)c1ccccc1. The molecule has 0 aliphatic carbocycles. The van der Waals surface area contributed by atoms with E-state index in [1.807, 2.05) is 0 Å². The summed E-state index contributed by atoms with van der Waals surface area (Å²) in [6.45, 7) is 2.39. The summed E-state index contributed by atoms with van der Waals surface area (Å²) < 4.78 is 0. The van der Waals surface area contributed by atoms with Crippen LogP contribution in [-0.2, 0) is 0 Å². The second-order valence-electron chi connectivity index (χ2n) is 5.47. The van der Waals surface area contributed by atoms with Crippen LogP contribution in [0.1, 0.15) is 5.56 Å². The Bertz CT molecular complexity index is 691. The quantitative estimate of drug-likeness (QED) is 0.598. The molecular weight excluding hydrogens is 283 g/mol. The summed E-state index contributed by atoms with van der Waals surface area (Å²) in [4.78, 5) is 0. The van der Waals surface area contributed by atoms with Crippen molar-refractivity contribution in [1.82, 2.24) is 0 Å². The van der Waals surface area contributed by atoms with Crippen molar-refractivity contribution in [2.75, 3.05) is 6.66 Å². The highest BCUT2D eigenvalue weighted by Gasteiger charge is 2.34. The molecular formula is C21H20P+. The molecule has 0 amide bonds. The van der Waals surface area contributed by atoms with Gasteiger partial charge in [0.2, 0.25) is 0 Å². The lowest BCUT2D eigenvalue weighted by molar-refractivity contribution is 1.66. The zero-order valence-corrected chi connectivity index (χ0v) is 13.7. The first-order valence-electron chi connectivity index (χ1n) is 7.51. The van der Waals surface area contributed by atoms with Gasteiger partial charge in [-0.3, -0.25) is 0 Å². The molecule has 0 aliphatic heterocycles. The largest absolute Gasteiger partial charge is 0.103 e. The third-order valence-electron chi connectivity index (χ3n) is 3.95. The van der Waals surface area contributed by atoms with Crippen molar-refractivity contribution in [1.29, 1.82) is 0 Å². The normalized spacial score (nSPS) is 11.7.